The Bertz CT molecular complexity index is 434. The highest BCUT2D eigenvalue weighted by molar-refractivity contribution is 7.08. The predicted molar refractivity (Wildman–Crippen MR) is 72.3 cm³/mol. The second kappa shape index (κ2) is 7.83. The molecular weight excluding hydrogens is 266 g/mol. The summed E-state index contributed by atoms with van der Waals surface area (Å²) in [6, 6.07) is 0. The largest absolute Gasteiger partial charge is 0.481 e. The van der Waals surface area contributed by atoms with Gasteiger partial charge in [0, 0.05) is 13.0 Å². The lowest BCUT2D eigenvalue weighted by Crippen LogP contribution is -2.30. The highest BCUT2D eigenvalue weighted by Crippen LogP contribution is 2.13. The number of nitrogens with one attached hydrogen (secondary N) is 1. The number of aromatic nitrogens is 2. The van der Waals surface area contributed by atoms with Gasteiger partial charge in [-0.25, -0.2) is 0 Å². The lowest BCUT2D eigenvalue weighted by Gasteiger charge is -2.12. The van der Waals surface area contributed by atoms with Crippen LogP contribution in [0.1, 0.15) is 48.5 Å². The first-order chi connectivity index (χ1) is 9.08. The molecule has 0 bridgehead atoms. The molecule has 1 rings (SSSR count). The van der Waals surface area contributed by atoms with E-state index in [-0.39, 0.29) is 18.2 Å². The number of hydrogen-bond donors (Lipinski definition) is 2. The van der Waals surface area contributed by atoms with E-state index in [4.69, 9.17) is 5.11 Å². The smallest absolute Gasteiger partial charge is 0.303 e. The van der Waals surface area contributed by atoms with Crippen LogP contribution in [0, 0.1) is 5.92 Å². The van der Waals surface area contributed by atoms with Crippen molar-refractivity contribution in [3.8, 4) is 0 Å². The van der Waals surface area contributed by atoms with E-state index in [1.54, 1.807) is 0 Å². The zero-order valence-electron chi connectivity index (χ0n) is 11.2. The van der Waals surface area contributed by atoms with Gasteiger partial charge in [-0.2, -0.15) is 0 Å². The summed E-state index contributed by atoms with van der Waals surface area (Å²) >= 11 is 1.08. The van der Waals surface area contributed by atoms with E-state index in [0.717, 1.165) is 36.5 Å². The Morgan fingerprint density at radius 2 is 2.16 bits per heavy atom. The molecule has 0 fully saturated rings. The fourth-order valence-electron chi connectivity index (χ4n) is 1.71. The van der Waals surface area contributed by atoms with Gasteiger partial charge in [-0.1, -0.05) is 31.2 Å². The molecule has 0 spiro atoms. The minimum atomic E-state index is -0.841. The van der Waals surface area contributed by atoms with Crippen LogP contribution in [-0.2, 0) is 11.2 Å². The van der Waals surface area contributed by atoms with E-state index in [1.165, 1.54) is 0 Å². The normalized spacial score (nSPS) is 12.1. The number of carboxylic acids is 1. The second-order valence-corrected chi connectivity index (χ2v) is 5.14. The molecule has 0 saturated heterocycles. The van der Waals surface area contributed by atoms with E-state index in [9.17, 15) is 9.59 Å². The van der Waals surface area contributed by atoms with Crippen LogP contribution in [-0.4, -0.2) is 33.1 Å². The third kappa shape index (κ3) is 4.94. The standard InChI is InChI=1S/C12H19N3O3S/c1-3-5-9-11(19-15-14-9)12(18)13-7-8(4-2)6-10(16)17/h8H,3-7H2,1-2H3,(H,13,18)(H,16,17). The van der Waals surface area contributed by atoms with Gasteiger partial charge in [-0.05, 0) is 23.9 Å². The van der Waals surface area contributed by atoms with Crippen LogP contribution >= 0.6 is 11.5 Å². The fraction of sp³-hybridized carbons (Fsp3) is 0.667. The zero-order valence-corrected chi connectivity index (χ0v) is 12.0. The van der Waals surface area contributed by atoms with Crippen molar-refractivity contribution < 1.29 is 14.7 Å². The number of nitrogens with zero attached hydrogens (tertiary/aromatic N) is 2. The third-order valence-corrected chi connectivity index (χ3v) is 3.61. The molecule has 1 unspecified atom stereocenters. The molecule has 1 aromatic rings. The van der Waals surface area contributed by atoms with Crippen LogP contribution in [0.15, 0.2) is 0 Å². The lowest BCUT2D eigenvalue weighted by molar-refractivity contribution is -0.138. The first-order valence-corrected chi connectivity index (χ1v) is 7.17. The number of carbonyl (C=O) groups excluding carboxylic acids is 1. The number of rotatable bonds is 8. The molecule has 0 radical (unpaired) electrons. The van der Waals surface area contributed by atoms with E-state index >= 15 is 0 Å². The molecule has 106 valence electrons. The highest BCUT2D eigenvalue weighted by atomic mass is 32.1. The van der Waals surface area contributed by atoms with Gasteiger partial charge in [-0.3, -0.25) is 9.59 Å². The minimum absolute atomic E-state index is 0.0445. The van der Waals surface area contributed by atoms with Crippen molar-refractivity contribution in [1.82, 2.24) is 14.9 Å². The van der Waals surface area contributed by atoms with Crippen LogP contribution in [0.4, 0.5) is 0 Å². The Morgan fingerprint density at radius 1 is 1.42 bits per heavy atom. The molecule has 19 heavy (non-hydrogen) atoms. The van der Waals surface area contributed by atoms with Crippen molar-refractivity contribution in [1.29, 1.82) is 0 Å². The van der Waals surface area contributed by atoms with Crippen molar-refractivity contribution in [2.24, 2.45) is 5.92 Å². The molecule has 2 N–H and O–H groups in total. The summed E-state index contributed by atoms with van der Waals surface area (Å²) in [5.41, 5.74) is 0.719. The summed E-state index contributed by atoms with van der Waals surface area (Å²) in [6.45, 7) is 4.29. The maximum absolute atomic E-state index is 12.0. The summed E-state index contributed by atoms with van der Waals surface area (Å²) in [6.07, 6.45) is 2.42. The number of aryl methyl sites for hydroxylation is 1. The van der Waals surface area contributed by atoms with Gasteiger partial charge in [0.25, 0.3) is 5.91 Å². The van der Waals surface area contributed by atoms with Crippen molar-refractivity contribution >= 4 is 23.4 Å². The quantitative estimate of drug-likeness (QED) is 0.758. The number of carbonyl (C=O) groups is 2. The predicted octanol–water partition coefficient (Wildman–Crippen LogP) is 1.72. The average Bonchev–Trinajstić information content (AvgIpc) is 2.82. The Hall–Kier alpha value is -1.50. The molecule has 1 aromatic heterocycles. The molecule has 0 aliphatic rings. The van der Waals surface area contributed by atoms with Gasteiger partial charge in [-0.15, -0.1) is 5.10 Å². The first-order valence-electron chi connectivity index (χ1n) is 6.39. The molecule has 0 saturated carbocycles. The molecule has 6 nitrogen and oxygen atoms in total. The molecule has 0 aliphatic heterocycles. The Balaban J connectivity index is 2.54. The first kappa shape index (κ1) is 15.6. The zero-order chi connectivity index (χ0) is 14.3. The minimum Gasteiger partial charge on any atom is -0.481 e. The Morgan fingerprint density at radius 3 is 2.74 bits per heavy atom. The number of carboxylic acid groups (broad SMARTS) is 1. The SMILES string of the molecule is CCCc1nnsc1C(=O)NCC(CC)CC(=O)O. The van der Waals surface area contributed by atoms with Crippen LogP contribution < -0.4 is 5.32 Å². The van der Waals surface area contributed by atoms with E-state index in [2.05, 4.69) is 14.9 Å². The molecule has 0 aromatic carbocycles. The Labute approximate surface area is 116 Å². The Kier molecular flexibility index (Phi) is 6.41. The highest BCUT2D eigenvalue weighted by Gasteiger charge is 2.17. The van der Waals surface area contributed by atoms with Gasteiger partial charge in [0.1, 0.15) is 4.88 Å². The molecule has 1 atom stereocenters. The van der Waals surface area contributed by atoms with Gasteiger partial charge in [0.05, 0.1) is 5.69 Å². The topological polar surface area (TPSA) is 92.2 Å². The van der Waals surface area contributed by atoms with Gasteiger partial charge in [0.2, 0.25) is 0 Å². The number of aliphatic carboxylic acids is 1. The van der Waals surface area contributed by atoms with Crippen LogP contribution in [0.3, 0.4) is 0 Å². The van der Waals surface area contributed by atoms with Crippen molar-refractivity contribution in [2.45, 2.75) is 39.5 Å². The van der Waals surface area contributed by atoms with E-state index in [0.29, 0.717) is 11.4 Å². The molecule has 7 heteroatoms. The van der Waals surface area contributed by atoms with Crippen molar-refractivity contribution in [2.75, 3.05) is 6.54 Å². The summed E-state index contributed by atoms with van der Waals surface area (Å²) in [5, 5.41) is 15.5. The third-order valence-electron chi connectivity index (χ3n) is 2.84. The van der Waals surface area contributed by atoms with Crippen LogP contribution in [0.25, 0.3) is 0 Å². The van der Waals surface area contributed by atoms with Gasteiger partial charge < -0.3 is 10.4 Å². The van der Waals surface area contributed by atoms with E-state index in [1.807, 2.05) is 13.8 Å². The second-order valence-electron chi connectivity index (χ2n) is 4.38. The summed E-state index contributed by atoms with van der Waals surface area (Å²) in [7, 11) is 0. The maximum Gasteiger partial charge on any atom is 0.303 e. The van der Waals surface area contributed by atoms with Crippen LogP contribution in [0.2, 0.25) is 0 Å². The van der Waals surface area contributed by atoms with Crippen LogP contribution in [0.5, 0.6) is 0 Å². The monoisotopic (exact) mass is 285 g/mol. The fourth-order valence-corrected chi connectivity index (χ4v) is 2.33. The molecular formula is C12H19N3O3S. The number of amides is 1. The molecule has 1 heterocycles. The molecule has 0 aliphatic carbocycles. The lowest BCUT2D eigenvalue weighted by atomic mass is 10.0. The van der Waals surface area contributed by atoms with Gasteiger partial charge in [0.15, 0.2) is 0 Å². The summed E-state index contributed by atoms with van der Waals surface area (Å²) in [4.78, 5) is 23.2. The van der Waals surface area contributed by atoms with E-state index < -0.39 is 5.97 Å². The van der Waals surface area contributed by atoms with Crippen molar-refractivity contribution in [3.63, 3.8) is 0 Å². The summed E-state index contributed by atoms with van der Waals surface area (Å²) < 4.78 is 3.79. The van der Waals surface area contributed by atoms with Crippen molar-refractivity contribution in [3.05, 3.63) is 10.6 Å². The maximum atomic E-state index is 12.0. The summed E-state index contributed by atoms with van der Waals surface area (Å²) in [5.74, 6) is -1.09. The number of hydrogen-bond acceptors (Lipinski definition) is 5. The average molecular weight is 285 g/mol. The van der Waals surface area contributed by atoms with Gasteiger partial charge >= 0.3 is 5.97 Å². The molecule has 1 amide bonds.